The van der Waals surface area contributed by atoms with Crippen LogP contribution in [0.1, 0.15) is 11.1 Å². The van der Waals surface area contributed by atoms with Crippen LogP contribution >= 0.6 is 0 Å². The molecule has 130 valence electrons. The summed E-state index contributed by atoms with van der Waals surface area (Å²) < 4.78 is 0. The van der Waals surface area contributed by atoms with Gasteiger partial charge in [-0.2, -0.15) is 0 Å². The third-order valence-electron chi connectivity index (χ3n) is 4.49. The lowest BCUT2D eigenvalue weighted by Crippen LogP contribution is -2.30. The summed E-state index contributed by atoms with van der Waals surface area (Å²) in [6, 6.07) is 21.4. The minimum atomic E-state index is -0.280. The lowest BCUT2D eigenvalue weighted by molar-refractivity contribution is 0.262. The summed E-state index contributed by atoms with van der Waals surface area (Å²) in [6.45, 7) is 1.82. The van der Waals surface area contributed by atoms with Crippen molar-refractivity contribution in [2.75, 3.05) is 22.1 Å². The molecule has 0 fully saturated rings. The maximum atomic E-state index is 12.0. The highest BCUT2D eigenvalue weighted by Gasteiger charge is 2.16. The van der Waals surface area contributed by atoms with Gasteiger partial charge in [0, 0.05) is 18.8 Å². The highest BCUT2D eigenvalue weighted by Crippen LogP contribution is 2.23. The zero-order valence-corrected chi connectivity index (χ0v) is 14.4. The predicted molar refractivity (Wildman–Crippen MR) is 105 cm³/mol. The van der Waals surface area contributed by atoms with Crippen LogP contribution in [-0.4, -0.2) is 17.6 Å². The molecular weight excluding hydrogens is 324 g/mol. The van der Waals surface area contributed by atoms with Gasteiger partial charge in [-0.25, -0.2) is 9.78 Å². The number of anilines is 3. The number of rotatable bonds is 3. The number of amides is 2. The second kappa shape index (κ2) is 7.27. The number of nitrogens with one attached hydrogen (secondary N) is 2. The van der Waals surface area contributed by atoms with Crippen molar-refractivity contribution in [3.05, 3.63) is 84.1 Å². The summed E-state index contributed by atoms with van der Waals surface area (Å²) in [4.78, 5) is 18.8. The molecule has 2 N–H and O–H groups in total. The minimum Gasteiger partial charge on any atom is -0.352 e. The van der Waals surface area contributed by atoms with Gasteiger partial charge >= 0.3 is 6.03 Å². The summed E-state index contributed by atoms with van der Waals surface area (Å²) >= 11 is 0. The summed E-state index contributed by atoms with van der Waals surface area (Å²) in [5.74, 6) is 0.925. The first-order chi connectivity index (χ1) is 12.8. The molecule has 0 atom stereocenters. The van der Waals surface area contributed by atoms with Crippen LogP contribution in [0.25, 0.3) is 0 Å². The van der Waals surface area contributed by atoms with Crippen molar-refractivity contribution < 1.29 is 4.79 Å². The number of pyridine rings is 1. The van der Waals surface area contributed by atoms with E-state index in [0.717, 1.165) is 31.0 Å². The molecule has 1 aliphatic rings. The molecule has 5 nitrogen and oxygen atoms in total. The number of nitrogens with zero attached hydrogens (tertiary/aromatic N) is 2. The van der Waals surface area contributed by atoms with E-state index in [0.29, 0.717) is 5.69 Å². The van der Waals surface area contributed by atoms with Crippen molar-refractivity contribution in [1.29, 1.82) is 0 Å². The van der Waals surface area contributed by atoms with Crippen LogP contribution in [0.5, 0.6) is 0 Å². The molecule has 3 aromatic rings. The van der Waals surface area contributed by atoms with Gasteiger partial charge in [0.25, 0.3) is 0 Å². The van der Waals surface area contributed by atoms with Crippen LogP contribution in [0.2, 0.25) is 0 Å². The number of hydrogen-bond donors (Lipinski definition) is 2. The largest absolute Gasteiger partial charge is 0.352 e. The zero-order valence-electron chi connectivity index (χ0n) is 14.4. The van der Waals surface area contributed by atoms with Gasteiger partial charge in [-0.05, 0) is 41.8 Å². The maximum absolute atomic E-state index is 12.0. The average molecular weight is 344 g/mol. The Labute approximate surface area is 152 Å². The quantitative estimate of drug-likeness (QED) is 0.745. The third kappa shape index (κ3) is 3.67. The fourth-order valence-corrected chi connectivity index (χ4v) is 3.15. The van der Waals surface area contributed by atoms with Crippen molar-refractivity contribution in [2.24, 2.45) is 0 Å². The van der Waals surface area contributed by atoms with Crippen LogP contribution in [-0.2, 0) is 13.0 Å². The van der Waals surface area contributed by atoms with E-state index < -0.39 is 0 Å². The molecule has 0 spiro atoms. The average Bonchev–Trinajstić information content (AvgIpc) is 2.69. The van der Waals surface area contributed by atoms with Gasteiger partial charge in [-0.1, -0.05) is 42.5 Å². The number of fused-ring (bicyclic) bond motifs is 1. The lowest BCUT2D eigenvalue weighted by Gasteiger charge is -2.29. The van der Waals surface area contributed by atoms with Gasteiger partial charge in [0.2, 0.25) is 0 Å². The molecule has 2 heterocycles. The number of urea groups is 1. The maximum Gasteiger partial charge on any atom is 0.323 e. The van der Waals surface area contributed by atoms with E-state index in [9.17, 15) is 4.79 Å². The van der Waals surface area contributed by atoms with E-state index in [1.807, 2.05) is 42.5 Å². The fourth-order valence-electron chi connectivity index (χ4n) is 3.15. The third-order valence-corrected chi connectivity index (χ3v) is 4.49. The van der Waals surface area contributed by atoms with Crippen molar-refractivity contribution in [1.82, 2.24) is 4.98 Å². The molecule has 0 saturated carbocycles. The monoisotopic (exact) mass is 344 g/mol. The first-order valence-electron chi connectivity index (χ1n) is 8.69. The predicted octanol–water partition coefficient (Wildman–Crippen LogP) is 4.29. The molecule has 0 unspecified atom stereocenters. The number of hydrogen-bond acceptors (Lipinski definition) is 3. The zero-order chi connectivity index (χ0) is 17.8. The van der Waals surface area contributed by atoms with Gasteiger partial charge < -0.3 is 15.5 Å². The molecule has 5 heteroatoms. The van der Waals surface area contributed by atoms with E-state index in [4.69, 9.17) is 0 Å². The molecule has 2 amide bonds. The first-order valence-corrected chi connectivity index (χ1v) is 8.69. The van der Waals surface area contributed by atoms with E-state index in [-0.39, 0.29) is 6.03 Å². The van der Waals surface area contributed by atoms with Gasteiger partial charge in [0.05, 0.1) is 11.9 Å². The summed E-state index contributed by atoms with van der Waals surface area (Å²) in [5.41, 5.74) is 4.19. The standard InChI is InChI=1S/C21H20N4O/c26-21(23-18-8-2-1-3-9-18)24-19-10-11-20(22-14-19)25-13-12-16-6-4-5-7-17(16)15-25/h1-11,14H,12-13,15H2,(H2,23,24,26). The topological polar surface area (TPSA) is 57.3 Å². The highest BCUT2D eigenvalue weighted by molar-refractivity contribution is 5.99. The Morgan fingerprint density at radius 1 is 0.846 bits per heavy atom. The Morgan fingerprint density at radius 3 is 2.35 bits per heavy atom. The first kappa shape index (κ1) is 16.1. The van der Waals surface area contributed by atoms with Crippen LogP contribution < -0.4 is 15.5 Å². The van der Waals surface area contributed by atoms with E-state index in [2.05, 4.69) is 44.8 Å². The van der Waals surface area contributed by atoms with Gasteiger partial charge in [0.15, 0.2) is 0 Å². The second-order valence-corrected chi connectivity index (χ2v) is 6.29. The molecule has 2 aromatic carbocycles. The van der Waals surface area contributed by atoms with E-state index in [1.54, 1.807) is 6.20 Å². The van der Waals surface area contributed by atoms with E-state index in [1.165, 1.54) is 11.1 Å². The molecule has 0 aliphatic carbocycles. The molecule has 0 saturated heterocycles. The van der Waals surface area contributed by atoms with Crippen LogP contribution in [0, 0.1) is 0 Å². The molecule has 4 rings (SSSR count). The van der Waals surface area contributed by atoms with Crippen molar-refractivity contribution in [3.8, 4) is 0 Å². The minimum absolute atomic E-state index is 0.280. The van der Waals surface area contributed by atoms with Crippen LogP contribution in [0.4, 0.5) is 22.0 Å². The van der Waals surface area contributed by atoms with Gasteiger partial charge in [-0.15, -0.1) is 0 Å². The van der Waals surface area contributed by atoms with Crippen molar-refractivity contribution >= 4 is 23.2 Å². The Hall–Kier alpha value is -3.34. The van der Waals surface area contributed by atoms with Crippen molar-refractivity contribution in [3.63, 3.8) is 0 Å². The van der Waals surface area contributed by atoms with Crippen LogP contribution in [0.3, 0.4) is 0 Å². The number of aromatic nitrogens is 1. The Balaban J connectivity index is 1.39. The molecule has 1 aliphatic heterocycles. The second-order valence-electron chi connectivity index (χ2n) is 6.29. The Morgan fingerprint density at radius 2 is 1.58 bits per heavy atom. The summed E-state index contributed by atoms with van der Waals surface area (Å²) in [7, 11) is 0. The smallest absolute Gasteiger partial charge is 0.323 e. The fraction of sp³-hybridized carbons (Fsp3) is 0.143. The summed E-state index contributed by atoms with van der Waals surface area (Å²) in [5, 5.41) is 5.60. The number of carbonyl (C=O) groups is 1. The number of benzene rings is 2. The van der Waals surface area contributed by atoms with Crippen LogP contribution in [0.15, 0.2) is 72.9 Å². The normalized spacial score (nSPS) is 13.0. The lowest BCUT2D eigenvalue weighted by atomic mass is 10.00. The molecule has 1 aromatic heterocycles. The number of carbonyl (C=O) groups excluding carboxylic acids is 1. The summed E-state index contributed by atoms with van der Waals surface area (Å²) in [6.07, 6.45) is 2.72. The van der Waals surface area contributed by atoms with Gasteiger partial charge in [-0.3, -0.25) is 0 Å². The SMILES string of the molecule is O=C(Nc1ccccc1)Nc1ccc(N2CCc3ccccc3C2)nc1. The molecule has 26 heavy (non-hydrogen) atoms. The van der Waals surface area contributed by atoms with E-state index >= 15 is 0 Å². The molecule has 0 radical (unpaired) electrons. The molecule has 0 bridgehead atoms. The Bertz CT molecular complexity index is 893. The highest BCUT2D eigenvalue weighted by atomic mass is 16.2. The Kier molecular flexibility index (Phi) is 4.51. The van der Waals surface area contributed by atoms with Crippen molar-refractivity contribution in [2.45, 2.75) is 13.0 Å². The van der Waals surface area contributed by atoms with Gasteiger partial charge in [0.1, 0.15) is 5.82 Å². The number of para-hydroxylation sites is 1. The molecular formula is C21H20N4O.